The molecule has 1 aromatic carbocycles. The Labute approximate surface area is 98.6 Å². The molecule has 0 heterocycles. The predicted octanol–water partition coefficient (Wildman–Crippen LogP) is 2.14. The van der Waals surface area contributed by atoms with Gasteiger partial charge in [-0.15, -0.1) is 0 Å². The fourth-order valence-corrected chi connectivity index (χ4v) is 1.38. The van der Waals surface area contributed by atoms with Crippen molar-refractivity contribution < 1.29 is 14.8 Å². The topological polar surface area (TPSA) is 83.7 Å². The number of hydrogen-bond acceptors (Lipinski definition) is 4. The Bertz CT molecular complexity index is 457. The van der Waals surface area contributed by atoms with Crippen LogP contribution in [-0.2, 0) is 0 Å². The highest BCUT2D eigenvalue weighted by atomic mass is 16.6. The largest absolute Gasteiger partial charge is 0.478 e. The molecule has 0 saturated carbocycles. The number of carboxylic acids is 1. The molecule has 1 aromatic rings. The molecule has 0 saturated heterocycles. The predicted molar refractivity (Wildman–Crippen MR) is 63.6 cm³/mol. The van der Waals surface area contributed by atoms with Crippen LogP contribution in [0.3, 0.4) is 0 Å². The van der Waals surface area contributed by atoms with Crippen LogP contribution >= 0.6 is 0 Å². The summed E-state index contributed by atoms with van der Waals surface area (Å²) in [6.07, 6.45) is 0. The number of nitro groups is 1. The molecule has 0 aliphatic carbocycles. The summed E-state index contributed by atoms with van der Waals surface area (Å²) in [5.41, 5.74) is 0.133. The van der Waals surface area contributed by atoms with Gasteiger partial charge >= 0.3 is 5.97 Å². The summed E-state index contributed by atoms with van der Waals surface area (Å²) in [6.45, 7) is 3.80. The highest BCUT2D eigenvalue weighted by Gasteiger charge is 2.20. The van der Waals surface area contributed by atoms with E-state index in [2.05, 4.69) is 0 Å². The first-order valence-corrected chi connectivity index (χ1v) is 5.09. The Kier molecular flexibility index (Phi) is 3.67. The Morgan fingerprint density at radius 1 is 1.47 bits per heavy atom. The molecule has 1 rings (SSSR count). The van der Waals surface area contributed by atoms with Crippen molar-refractivity contribution in [2.45, 2.75) is 19.9 Å². The summed E-state index contributed by atoms with van der Waals surface area (Å²) in [5, 5.41) is 19.7. The molecule has 0 spiro atoms. The van der Waals surface area contributed by atoms with Gasteiger partial charge in [0.1, 0.15) is 5.69 Å². The monoisotopic (exact) mass is 238 g/mol. The first-order valence-electron chi connectivity index (χ1n) is 5.09. The van der Waals surface area contributed by atoms with Gasteiger partial charge in [0.05, 0.1) is 10.5 Å². The summed E-state index contributed by atoms with van der Waals surface area (Å²) >= 11 is 0. The van der Waals surface area contributed by atoms with Gasteiger partial charge in [-0.1, -0.05) is 0 Å². The van der Waals surface area contributed by atoms with Crippen molar-refractivity contribution in [2.75, 3.05) is 11.9 Å². The molecule has 17 heavy (non-hydrogen) atoms. The maximum absolute atomic E-state index is 10.9. The third-order valence-electron chi connectivity index (χ3n) is 2.57. The molecule has 0 amide bonds. The van der Waals surface area contributed by atoms with E-state index < -0.39 is 10.9 Å². The standard InChI is InChI=1S/C11H14N2O4/c1-7(2)12(3)9-5-4-8(11(14)15)6-10(9)13(16)17/h4-7H,1-3H3,(H,14,15). The lowest BCUT2D eigenvalue weighted by atomic mass is 10.1. The van der Waals surface area contributed by atoms with Crippen molar-refractivity contribution in [2.24, 2.45) is 0 Å². The van der Waals surface area contributed by atoms with Gasteiger partial charge in [0.2, 0.25) is 0 Å². The normalized spacial score (nSPS) is 10.4. The lowest BCUT2D eigenvalue weighted by Crippen LogP contribution is -2.26. The smallest absolute Gasteiger partial charge is 0.335 e. The van der Waals surface area contributed by atoms with Gasteiger partial charge in [0, 0.05) is 19.2 Å². The second-order valence-corrected chi connectivity index (χ2v) is 3.97. The first kappa shape index (κ1) is 13.0. The molecule has 6 nitrogen and oxygen atoms in total. The SMILES string of the molecule is CC(C)N(C)c1ccc(C(=O)O)cc1[N+](=O)[O-]. The van der Waals surface area contributed by atoms with E-state index in [0.717, 1.165) is 6.07 Å². The number of nitro benzene ring substituents is 1. The zero-order valence-electron chi connectivity index (χ0n) is 9.88. The molecule has 0 aromatic heterocycles. The first-order chi connectivity index (χ1) is 7.84. The molecular formula is C11H14N2O4. The van der Waals surface area contributed by atoms with E-state index in [1.165, 1.54) is 12.1 Å². The van der Waals surface area contributed by atoms with Crippen molar-refractivity contribution in [1.29, 1.82) is 0 Å². The maximum Gasteiger partial charge on any atom is 0.335 e. The summed E-state index contributed by atoms with van der Waals surface area (Å²) in [4.78, 5) is 22.8. The second-order valence-electron chi connectivity index (χ2n) is 3.97. The lowest BCUT2D eigenvalue weighted by molar-refractivity contribution is -0.384. The summed E-state index contributed by atoms with van der Waals surface area (Å²) in [5.74, 6) is -1.17. The number of carbonyl (C=O) groups is 1. The van der Waals surface area contributed by atoms with Crippen LogP contribution < -0.4 is 4.90 Å². The third kappa shape index (κ3) is 2.72. The number of rotatable bonds is 4. The molecule has 6 heteroatoms. The van der Waals surface area contributed by atoms with Crippen LogP contribution in [0.15, 0.2) is 18.2 Å². The average Bonchev–Trinajstić information content (AvgIpc) is 2.26. The van der Waals surface area contributed by atoms with Crippen molar-refractivity contribution in [3.63, 3.8) is 0 Å². The molecule has 0 radical (unpaired) electrons. The Morgan fingerprint density at radius 2 is 2.06 bits per heavy atom. The van der Waals surface area contributed by atoms with Gasteiger partial charge < -0.3 is 10.0 Å². The molecule has 0 bridgehead atoms. The lowest BCUT2D eigenvalue weighted by Gasteiger charge is -2.23. The minimum Gasteiger partial charge on any atom is -0.478 e. The molecule has 92 valence electrons. The number of carboxylic acid groups (broad SMARTS) is 1. The van der Waals surface area contributed by atoms with E-state index >= 15 is 0 Å². The summed E-state index contributed by atoms with van der Waals surface area (Å²) in [6, 6.07) is 3.99. The fourth-order valence-electron chi connectivity index (χ4n) is 1.38. The van der Waals surface area contributed by atoms with Crippen LogP contribution in [0.2, 0.25) is 0 Å². The van der Waals surface area contributed by atoms with Crippen LogP contribution in [0.25, 0.3) is 0 Å². The van der Waals surface area contributed by atoms with Gasteiger partial charge in [-0.25, -0.2) is 4.79 Å². The zero-order valence-corrected chi connectivity index (χ0v) is 9.88. The van der Waals surface area contributed by atoms with Gasteiger partial charge in [-0.2, -0.15) is 0 Å². The highest BCUT2D eigenvalue weighted by molar-refractivity contribution is 5.89. The Hall–Kier alpha value is -2.11. The van der Waals surface area contributed by atoms with E-state index in [-0.39, 0.29) is 17.3 Å². The Balaban J connectivity index is 3.32. The Morgan fingerprint density at radius 3 is 2.47 bits per heavy atom. The van der Waals surface area contributed by atoms with Crippen molar-refractivity contribution >= 4 is 17.3 Å². The third-order valence-corrected chi connectivity index (χ3v) is 2.57. The van der Waals surface area contributed by atoms with Crippen LogP contribution in [0.5, 0.6) is 0 Å². The van der Waals surface area contributed by atoms with E-state index in [4.69, 9.17) is 5.11 Å². The van der Waals surface area contributed by atoms with E-state index in [1.54, 1.807) is 11.9 Å². The van der Waals surface area contributed by atoms with E-state index in [0.29, 0.717) is 5.69 Å². The van der Waals surface area contributed by atoms with Crippen molar-refractivity contribution in [1.82, 2.24) is 0 Å². The maximum atomic E-state index is 10.9. The number of aromatic carboxylic acids is 1. The van der Waals surface area contributed by atoms with Gasteiger partial charge in [0.25, 0.3) is 5.69 Å². The number of benzene rings is 1. The molecule has 0 aliphatic heterocycles. The summed E-state index contributed by atoms with van der Waals surface area (Å²) < 4.78 is 0. The fraction of sp³-hybridized carbons (Fsp3) is 0.364. The summed E-state index contributed by atoms with van der Waals surface area (Å²) in [7, 11) is 1.73. The molecule has 0 aliphatic rings. The van der Waals surface area contributed by atoms with Gasteiger partial charge in [-0.3, -0.25) is 10.1 Å². The second kappa shape index (κ2) is 4.82. The molecule has 1 N–H and O–H groups in total. The molecule has 0 fully saturated rings. The number of hydrogen-bond donors (Lipinski definition) is 1. The van der Waals surface area contributed by atoms with Crippen LogP contribution in [0, 0.1) is 10.1 Å². The van der Waals surface area contributed by atoms with E-state index in [1.807, 2.05) is 13.8 Å². The van der Waals surface area contributed by atoms with Crippen LogP contribution in [-0.4, -0.2) is 29.1 Å². The van der Waals surface area contributed by atoms with E-state index in [9.17, 15) is 14.9 Å². The number of anilines is 1. The van der Waals surface area contributed by atoms with Gasteiger partial charge in [-0.05, 0) is 26.0 Å². The minimum atomic E-state index is -1.17. The quantitative estimate of drug-likeness (QED) is 0.641. The van der Waals surface area contributed by atoms with Crippen molar-refractivity contribution in [3.05, 3.63) is 33.9 Å². The average molecular weight is 238 g/mol. The van der Waals surface area contributed by atoms with Gasteiger partial charge in [0.15, 0.2) is 0 Å². The van der Waals surface area contributed by atoms with Crippen LogP contribution in [0.4, 0.5) is 11.4 Å². The van der Waals surface area contributed by atoms with Crippen molar-refractivity contribution in [3.8, 4) is 0 Å². The highest BCUT2D eigenvalue weighted by Crippen LogP contribution is 2.29. The number of nitrogens with zero attached hydrogens (tertiary/aromatic N) is 2. The molecule has 0 atom stereocenters. The molecular weight excluding hydrogens is 224 g/mol. The molecule has 0 unspecified atom stereocenters. The van der Waals surface area contributed by atoms with Crippen LogP contribution in [0.1, 0.15) is 24.2 Å². The minimum absolute atomic E-state index is 0.0855. The zero-order chi connectivity index (χ0) is 13.2.